The highest BCUT2D eigenvalue weighted by molar-refractivity contribution is 14.0. The van der Waals surface area contributed by atoms with E-state index in [1.54, 1.807) is 21.3 Å². The molecule has 0 aliphatic heterocycles. The van der Waals surface area contributed by atoms with Crippen molar-refractivity contribution in [2.45, 2.75) is 18.4 Å². The van der Waals surface area contributed by atoms with E-state index in [0.29, 0.717) is 23.5 Å². The summed E-state index contributed by atoms with van der Waals surface area (Å²) >= 11 is 3.48. The van der Waals surface area contributed by atoms with Gasteiger partial charge in [-0.25, -0.2) is 0 Å². The molecule has 2 aromatic rings. The minimum atomic E-state index is 0. The maximum atomic E-state index is 5.34. The van der Waals surface area contributed by atoms with E-state index in [0.717, 1.165) is 22.5 Å². The number of aliphatic imine (C=N–C) groups is 1. The van der Waals surface area contributed by atoms with Gasteiger partial charge in [-0.05, 0) is 36.2 Å². The summed E-state index contributed by atoms with van der Waals surface area (Å²) in [5.74, 6) is 2.66. The summed E-state index contributed by atoms with van der Waals surface area (Å²) in [6, 6.07) is 14.6. The lowest BCUT2D eigenvalue weighted by atomic mass is 10.1. The van der Waals surface area contributed by atoms with Gasteiger partial charge in [0.15, 0.2) is 17.5 Å². The van der Waals surface area contributed by atoms with Gasteiger partial charge in [-0.1, -0.05) is 28.1 Å². The number of nitrogens with zero attached hydrogens (tertiary/aromatic N) is 1. The van der Waals surface area contributed by atoms with E-state index < -0.39 is 0 Å². The fourth-order valence-corrected chi connectivity index (χ4v) is 3.08. The summed E-state index contributed by atoms with van der Waals surface area (Å²) in [7, 11) is 5.02. The minimum Gasteiger partial charge on any atom is -0.493 e. The van der Waals surface area contributed by atoms with Crippen LogP contribution in [0.5, 0.6) is 11.5 Å². The molecule has 7 heteroatoms. The summed E-state index contributed by atoms with van der Waals surface area (Å²) in [4.78, 5) is 4.32. The standard InChI is InChI=1S/C19H22BrN3O2.HI/c1-21-19(22-14-8-9-17(24-2)18(10-14)25-3)23-16-11-15(16)12-4-6-13(20)7-5-12;/h4-10,15-16H,11H2,1-3H3,(H2,21,22,23);1H. The zero-order valence-electron chi connectivity index (χ0n) is 15.0. The van der Waals surface area contributed by atoms with Crippen molar-refractivity contribution in [3.05, 3.63) is 52.5 Å². The number of nitrogens with one attached hydrogen (secondary N) is 2. The van der Waals surface area contributed by atoms with Crippen LogP contribution in [0.3, 0.4) is 0 Å². The number of halogens is 2. The molecule has 1 fully saturated rings. The zero-order valence-corrected chi connectivity index (χ0v) is 18.9. The van der Waals surface area contributed by atoms with Gasteiger partial charge in [0.25, 0.3) is 0 Å². The highest BCUT2D eigenvalue weighted by Gasteiger charge is 2.38. The van der Waals surface area contributed by atoms with Crippen molar-refractivity contribution in [3.8, 4) is 11.5 Å². The molecule has 0 saturated heterocycles. The first-order valence-corrected chi connectivity index (χ1v) is 8.91. The number of rotatable bonds is 5. The first-order chi connectivity index (χ1) is 12.1. The lowest BCUT2D eigenvalue weighted by molar-refractivity contribution is 0.355. The quantitative estimate of drug-likeness (QED) is 0.335. The molecule has 0 bridgehead atoms. The SMILES string of the molecule is CN=C(Nc1ccc(OC)c(OC)c1)NC1CC1c1ccc(Br)cc1.I. The van der Waals surface area contributed by atoms with Crippen molar-refractivity contribution >= 4 is 51.6 Å². The highest BCUT2D eigenvalue weighted by Crippen LogP contribution is 2.41. The van der Waals surface area contributed by atoms with Gasteiger partial charge in [0, 0.05) is 35.2 Å². The Kier molecular flexibility index (Phi) is 7.57. The average molecular weight is 532 g/mol. The molecule has 1 aliphatic carbocycles. The number of anilines is 1. The van der Waals surface area contributed by atoms with Crippen LogP contribution in [0, 0.1) is 0 Å². The first kappa shape index (κ1) is 20.8. The van der Waals surface area contributed by atoms with Crippen LogP contribution in [0.1, 0.15) is 17.9 Å². The van der Waals surface area contributed by atoms with Crippen LogP contribution in [-0.4, -0.2) is 33.3 Å². The summed E-state index contributed by atoms with van der Waals surface area (Å²) in [5, 5.41) is 6.78. The second-order valence-corrected chi connectivity index (χ2v) is 6.83. The van der Waals surface area contributed by atoms with Crippen molar-refractivity contribution in [1.82, 2.24) is 5.32 Å². The maximum Gasteiger partial charge on any atom is 0.195 e. The second kappa shape index (κ2) is 9.45. The first-order valence-electron chi connectivity index (χ1n) is 8.12. The molecule has 2 atom stereocenters. The van der Waals surface area contributed by atoms with Gasteiger partial charge in [0.1, 0.15) is 0 Å². The number of methoxy groups -OCH3 is 2. The third kappa shape index (κ3) is 5.03. The molecule has 1 aliphatic rings. The van der Waals surface area contributed by atoms with Crippen molar-refractivity contribution in [2.24, 2.45) is 4.99 Å². The largest absolute Gasteiger partial charge is 0.493 e. The van der Waals surface area contributed by atoms with E-state index in [1.807, 2.05) is 18.2 Å². The monoisotopic (exact) mass is 531 g/mol. The van der Waals surface area contributed by atoms with Gasteiger partial charge in [-0.2, -0.15) is 0 Å². The molecular formula is C19H23BrIN3O2. The topological polar surface area (TPSA) is 54.9 Å². The number of guanidine groups is 1. The van der Waals surface area contributed by atoms with Crippen molar-refractivity contribution < 1.29 is 9.47 Å². The Morgan fingerprint density at radius 3 is 2.38 bits per heavy atom. The summed E-state index contributed by atoms with van der Waals surface area (Å²) in [6.45, 7) is 0. The van der Waals surface area contributed by atoms with Gasteiger partial charge in [-0.3, -0.25) is 4.99 Å². The third-order valence-electron chi connectivity index (χ3n) is 4.28. The lowest BCUT2D eigenvalue weighted by Crippen LogP contribution is -2.33. The molecule has 2 N–H and O–H groups in total. The maximum absolute atomic E-state index is 5.34. The molecule has 0 spiro atoms. The van der Waals surface area contributed by atoms with Gasteiger partial charge >= 0.3 is 0 Å². The number of hydrogen-bond donors (Lipinski definition) is 2. The Hall–Kier alpha value is -1.48. The summed E-state index contributed by atoms with van der Waals surface area (Å²) in [6.07, 6.45) is 1.11. The van der Waals surface area contributed by atoms with E-state index in [-0.39, 0.29) is 24.0 Å². The van der Waals surface area contributed by atoms with E-state index in [1.165, 1.54) is 5.56 Å². The second-order valence-electron chi connectivity index (χ2n) is 5.91. The van der Waals surface area contributed by atoms with Crippen LogP contribution in [0.25, 0.3) is 0 Å². The molecule has 0 heterocycles. The predicted octanol–water partition coefficient (Wildman–Crippen LogP) is 4.63. The Balaban J connectivity index is 0.00000243. The van der Waals surface area contributed by atoms with Crippen molar-refractivity contribution in [2.75, 3.05) is 26.6 Å². The lowest BCUT2D eigenvalue weighted by Gasteiger charge is -2.14. The number of benzene rings is 2. The summed E-state index contributed by atoms with van der Waals surface area (Å²) < 4.78 is 11.7. The van der Waals surface area contributed by atoms with Gasteiger partial charge in [0.2, 0.25) is 0 Å². The Labute approximate surface area is 179 Å². The zero-order chi connectivity index (χ0) is 17.8. The molecule has 140 valence electrons. The number of ether oxygens (including phenoxy) is 2. The third-order valence-corrected chi connectivity index (χ3v) is 4.81. The summed E-state index contributed by atoms with van der Waals surface area (Å²) in [5.41, 5.74) is 2.24. The smallest absolute Gasteiger partial charge is 0.195 e. The molecule has 2 aromatic carbocycles. The normalized spacial score (nSPS) is 18.5. The minimum absolute atomic E-state index is 0. The van der Waals surface area contributed by atoms with Crippen LogP contribution < -0.4 is 20.1 Å². The highest BCUT2D eigenvalue weighted by atomic mass is 127. The van der Waals surface area contributed by atoms with Crippen LogP contribution in [0.2, 0.25) is 0 Å². The molecule has 1 saturated carbocycles. The molecule has 5 nitrogen and oxygen atoms in total. The van der Waals surface area contributed by atoms with E-state index in [4.69, 9.17) is 9.47 Å². The van der Waals surface area contributed by atoms with Crippen molar-refractivity contribution in [1.29, 1.82) is 0 Å². The van der Waals surface area contributed by atoms with Crippen LogP contribution in [0.15, 0.2) is 51.9 Å². The Morgan fingerprint density at radius 2 is 1.77 bits per heavy atom. The van der Waals surface area contributed by atoms with Gasteiger partial charge in [0.05, 0.1) is 14.2 Å². The van der Waals surface area contributed by atoms with Crippen molar-refractivity contribution in [3.63, 3.8) is 0 Å². The molecule has 2 unspecified atom stereocenters. The number of hydrogen-bond acceptors (Lipinski definition) is 3. The van der Waals surface area contributed by atoms with Crippen LogP contribution >= 0.6 is 39.9 Å². The Bertz CT molecular complexity index is 768. The van der Waals surface area contributed by atoms with E-state index in [2.05, 4.69) is 55.8 Å². The van der Waals surface area contributed by atoms with Gasteiger partial charge < -0.3 is 20.1 Å². The Morgan fingerprint density at radius 1 is 1.08 bits per heavy atom. The fourth-order valence-electron chi connectivity index (χ4n) is 2.82. The molecule has 26 heavy (non-hydrogen) atoms. The molecular weight excluding hydrogens is 509 g/mol. The van der Waals surface area contributed by atoms with E-state index >= 15 is 0 Å². The molecule has 3 rings (SSSR count). The van der Waals surface area contributed by atoms with Crippen LogP contribution in [0.4, 0.5) is 5.69 Å². The molecule has 0 amide bonds. The molecule has 0 aromatic heterocycles. The van der Waals surface area contributed by atoms with Crippen LogP contribution in [-0.2, 0) is 0 Å². The predicted molar refractivity (Wildman–Crippen MR) is 120 cm³/mol. The fraction of sp³-hybridized carbons (Fsp3) is 0.316. The van der Waals surface area contributed by atoms with Gasteiger partial charge in [-0.15, -0.1) is 24.0 Å². The molecule has 0 radical (unpaired) electrons. The average Bonchev–Trinajstić information content (AvgIpc) is 3.40. The van der Waals surface area contributed by atoms with E-state index in [9.17, 15) is 0 Å².